The summed E-state index contributed by atoms with van der Waals surface area (Å²) >= 11 is 7.55. The van der Waals surface area contributed by atoms with Crippen molar-refractivity contribution in [1.82, 2.24) is 4.90 Å². The molecule has 2 aliphatic heterocycles. The predicted octanol–water partition coefficient (Wildman–Crippen LogP) is 2.31. The summed E-state index contributed by atoms with van der Waals surface area (Å²) in [6.07, 6.45) is 0.420. The van der Waals surface area contributed by atoms with Gasteiger partial charge in [-0.05, 0) is 24.6 Å². The quantitative estimate of drug-likeness (QED) is 0.260. The summed E-state index contributed by atoms with van der Waals surface area (Å²) in [5.41, 5.74) is 0.611. The zero-order valence-electron chi connectivity index (χ0n) is 12.8. The molecule has 1 aromatic carbocycles. The maximum Gasteiger partial charge on any atom is 0.330 e. The topological polar surface area (TPSA) is 89.8 Å². The molecule has 0 aliphatic carbocycles. The average molecular weight is 371 g/mol. The number of esters is 1. The number of halogens is 1. The van der Waals surface area contributed by atoms with E-state index in [1.807, 2.05) is 6.92 Å². The van der Waals surface area contributed by atoms with Gasteiger partial charge in [-0.3, -0.25) is 14.9 Å². The van der Waals surface area contributed by atoms with Gasteiger partial charge in [0, 0.05) is 18.0 Å². The summed E-state index contributed by atoms with van der Waals surface area (Å²) in [6, 6.07) is 5.07. The molecule has 7 nitrogen and oxygen atoms in total. The fourth-order valence-electron chi connectivity index (χ4n) is 2.89. The maximum atomic E-state index is 12.5. The number of rotatable bonds is 5. The summed E-state index contributed by atoms with van der Waals surface area (Å²) in [7, 11) is 0. The minimum atomic E-state index is -0.704. The first-order valence-electron chi connectivity index (χ1n) is 7.30. The second kappa shape index (κ2) is 6.25. The summed E-state index contributed by atoms with van der Waals surface area (Å²) in [5.74, 6) is -0.340. The summed E-state index contributed by atoms with van der Waals surface area (Å²) in [6.45, 7) is 1.84. The molecule has 3 atom stereocenters. The highest BCUT2D eigenvalue weighted by Gasteiger charge is 2.60. The Morgan fingerprint density at radius 3 is 2.71 bits per heavy atom. The van der Waals surface area contributed by atoms with E-state index >= 15 is 0 Å². The van der Waals surface area contributed by atoms with Crippen molar-refractivity contribution in [3.63, 3.8) is 0 Å². The number of nitro groups is 1. The fourth-order valence-corrected chi connectivity index (χ4v) is 4.83. The molecule has 9 heteroatoms. The van der Waals surface area contributed by atoms with Crippen LogP contribution in [0.5, 0.6) is 0 Å². The van der Waals surface area contributed by atoms with Gasteiger partial charge in [0.2, 0.25) is 5.91 Å². The van der Waals surface area contributed by atoms with E-state index in [9.17, 15) is 19.7 Å². The van der Waals surface area contributed by atoms with E-state index in [1.165, 1.54) is 36.0 Å². The molecule has 1 amide bonds. The molecule has 2 saturated heterocycles. The van der Waals surface area contributed by atoms with E-state index in [4.69, 9.17) is 16.3 Å². The number of hydrogen-bond donors (Lipinski definition) is 0. The predicted molar refractivity (Wildman–Crippen MR) is 88.6 cm³/mol. The SMILES string of the molecule is CC1(CCl)SC2CC(=O)N2C1C(=O)OCc1ccc([N+](=O)[O-])cc1. The van der Waals surface area contributed by atoms with Crippen molar-refractivity contribution in [3.05, 3.63) is 39.9 Å². The number of nitro benzene ring substituents is 1. The van der Waals surface area contributed by atoms with Crippen LogP contribution in [0.15, 0.2) is 24.3 Å². The van der Waals surface area contributed by atoms with Crippen LogP contribution >= 0.6 is 23.4 Å². The molecule has 128 valence electrons. The number of thioether (sulfide) groups is 1. The molecule has 0 N–H and O–H groups in total. The number of nitrogens with zero attached hydrogens (tertiary/aromatic N) is 2. The van der Waals surface area contributed by atoms with E-state index in [0.29, 0.717) is 12.0 Å². The highest BCUT2D eigenvalue weighted by molar-refractivity contribution is 8.01. The minimum Gasteiger partial charge on any atom is -0.459 e. The molecule has 2 fully saturated rings. The van der Waals surface area contributed by atoms with Crippen molar-refractivity contribution in [3.8, 4) is 0 Å². The van der Waals surface area contributed by atoms with Crippen LogP contribution in [0.25, 0.3) is 0 Å². The first kappa shape index (κ1) is 17.0. The smallest absolute Gasteiger partial charge is 0.330 e. The Morgan fingerprint density at radius 2 is 2.17 bits per heavy atom. The number of fused-ring (bicyclic) bond motifs is 1. The van der Waals surface area contributed by atoms with Gasteiger partial charge in [0.1, 0.15) is 12.6 Å². The molecule has 2 aliphatic rings. The Hall–Kier alpha value is -1.80. The zero-order chi connectivity index (χ0) is 17.5. The van der Waals surface area contributed by atoms with E-state index in [0.717, 1.165) is 0 Å². The Labute approximate surface area is 147 Å². The molecule has 24 heavy (non-hydrogen) atoms. The second-order valence-electron chi connectivity index (χ2n) is 5.96. The normalized spacial score (nSPS) is 28.2. The molecular weight excluding hydrogens is 356 g/mol. The summed E-state index contributed by atoms with van der Waals surface area (Å²) < 4.78 is 4.76. The van der Waals surface area contributed by atoms with Crippen molar-refractivity contribution in [2.24, 2.45) is 0 Å². The van der Waals surface area contributed by atoms with Crippen LogP contribution in [-0.4, -0.2) is 43.7 Å². The number of carbonyl (C=O) groups is 2. The maximum absolute atomic E-state index is 12.5. The van der Waals surface area contributed by atoms with Crippen molar-refractivity contribution >= 4 is 40.9 Å². The largest absolute Gasteiger partial charge is 0.459 e. The van der Waals surface area contributed by atoms with Gasteiger partial charge in [0.15, 0.2) is 0 Å². The number of benzene rings is 1. The van der Waals surface area contributed by atoms with Crippen molar-refractivity contribution < 1.29 is 19.2 Å². The Balaban J connectivity index is 1.67. The molecule has 0 bridgehead atoms. The van der Waals surface area contributed by atoms with E-state index in [2.05, 4.69) is 0 Å². The van der Waals surface area contributed by atoms with Gasteiger partial charge in [-0.2, -0.15) is 0 Å². The number of ether oxygens (including phenoxy) is 1. The minimum absolute atomic E-state index is 0.0109. The molecule has 1 aromatic rings. The van der Waals surface area contributed by atoms with Crippen molar-refractivity contribution in [1.29, 1.82) is 0 Å². The van der Waals surface area contributed by atoms with Gasteiger partial charge in [-0.15, -0.1) is 23.4 Å². The van der Waals surface area contributed by atoms with Crippen molar-refractivity contribution in [2.45, 2.75) is 36.1 Å². The number of β-lactam (4-membered cyclic amide) rings is 1. The van der Waals surface area contributed by atoms with Gasteiger partial charge >= 0.3 is 5.97 Å². The molecule has 0 saturated carbocycles. The summed E-state index contributed by atoms with van der Waals surface area (Å²) in [4.78, 5) is 36.0. The number of amides is 1. The van der Waals surface area contributed by atoms with Gasteiger partial charge in [-0.25, -0.2) is 4.79 Å². The third-order valence-electron chi connectivity index (χ3n) is 4.23. The van der Waals surface area contributed by atoms with Crippen LogP contribution < -0.4 is 0 Å². The summed E-state index contributed by atoms with van der Waals surface area (Å²) in [5, 5.41) is 10.6. The van der Waals surface area contributed by atoms with Gasteiger partial charge in [0.25, 0.3) is 5.69 Å². The van der Waals surface area contributed by atoms with Crippen LogP contribution in [0.2, 0.25) is 0 Å². The van der Waals surface area contributed by atoms with Crippen LogP contribution in [0.1, 0.15) is 18.9 Å². The molecule has 0 spiro atoms. The van der Waals surface area contributed by atoms with Crippen LogP contribution in [-0.2, 0) is 20.9 Å². The lowest BCUT2D eigenvalue weighted by Gasteiger charge is -2.37. The molecule has 0 radical (unpaired) electrons. The third-order valence-corrected chi connectivity index (χ3v) is 6.51. The van der Waals surface area contributed by atoms with E-state index in [1.54, 1.807) is 4.90 Å². The number of carbonyl (C=O) groups excluding carboxylic acids is 2. The fraction of sp³-hybridized carbons (Fsp3) is 0.467. The lowest BCUT2D eigenvalue weighted by atomic mass is 9.98. The lowest BCUT2D eigenvalue weighted by Crippen LogP contribution is -2.58. The standard InChI is InChI=1S/C15H15ClN2O5S/c1-15(8-16)13(17-11(19)6-12(17)24-15)14(20)23-7-9-2-4-10(5-3-9)18(21)22/h2-5,12-13H,6-8H2,1H3. The van der Waals surface area contributed by atoms with Crippen LogP contribution in [0, 0.1) is 10.1 Å². The van der Waals surface area contributed by atoms with Gasteiger partial charge in [0.05, 0.1) is 21.5 Å². The lowest BCUT2D eigenvalue weighted by molar-refractivity contribution is -0.384. The highest BCUT2D eigenvalue weighted by Crippen LogP contribution is 2.51. The Kier molecular flexibility index (Phi) is 4.44. The molecule has 0 aromatic heterocycles. The molecular formula is C15H15ClN2O5S. The van der Waals surface area contributed by atoms with Crippen LogP contribution in [0.3, 0.4) is 0 Å². The monoisotopic (exact) mass is 370 g/mol. The Morgan fingerprint density at radius 1 is 1.50 bits per heavy atom. The molecule has 2 heterocycles. The Bertz CT molecular complexity index is 698. The average Bonchev–Trinajstić information content (AvgIpc) is 2.81. The van der Waals surface area contributed by atoms with E-state index in [-0.39, 0.29) is 29.5 Å². The second-order valence-corrected chi connectivity index (χ2v) is 7.94. The van der Waals surface area contributed by atoms with Crippen LogP contribution in [0.4, 0.5) is 5.69 Å². The van der Waals surface area contributed by atoms with E-state index < -0.39 is 21.7 Å². The first-order chi connectivity index (χ1) is 11.4. The van der Waals surface area contributed by atoms with Gasteiger partial charge in [-0.1, -0.05) is 0 Å². The number of non-ortho nitro benzene ring substituents is 1. The zero-order valence-corrected chi connectivity index (χ0v) is 14.4. The third kappa shape index (κ3) is 2.84. The van der Waals surface area contributed by atoms with Gasteiger partial charge < -0.3 is 9.64 Å². The number of alkyl halides is 1. The molecule has 3 rings (SSSR count). The molecule has 3 unspecified atom stereocenters. The highest BCUT2D eigenvalue weighted by atomic mass is 35.5. The van der Waals surface area contributed by atoms with Crippen molar-refractivity contribution in [2.75, 3.05) is 5.88 Å². The number of hydrogen-bond acceptors (Lipinski definition) is 6. The first-order valence-corrected chi connectivity index (χ1v) is 8.72.